The van der Waals surface area contributed by atoms with Gasteiger partial charge in [0.2, 0.25) is 0 Å². The van der Waals surface area contributed by atoms with Gasteiger partial charge in [0.05, 0.1) is 17.7 Å². The van der Waals surface area contributed by atoms with Crippen molar-refractivity contribution in [3.8, 4) is 0 Å². The zero-order chi connectivity index (χ0) is 19.4. The predicted octanol–water partition coefficient (Wildman–Crippen LogP) is 2.63. The lowest BCUT2D eigenvalue weighted by Gasteiger charge is -2.13. The second-order valence-electron chi connectivity index (χ2n) is 6.00. The Bertz CT molecular complexity index is 872. The van der Waals surface area contributed by atoms with Crippen LogP contribution in [0.4, 0.5) is 4.39 Å². The summed E-state index contributed by atoms with van der Waals surface area (Å²) < 4.78 is 17.8. The van der Waals surface area contributed by atoms with E-state index in [2.05, 4.69) is 0 Å². The molecule has 0 radical (unpaired) electrons. The molecule has 2 aromatic rings. The molecule has 27 heavy (non-hydrogen) atoms. The third kappa shape index (κ3) is 4.08. The van der Waals surface area contributed by atoms with E-state index >= 15 is 0 Å². The average Bonchev–Trinajstić information content (AvgIpc) is 2.91. The normalized spacial score (nSPS) is 12.9. The zero-order valence-corrected chi connectivity index (χ0v) is 14.3. The molecule has 0 saturated heterocycles. The Morgan fingerprint density at radius 1 is 0.926 bits per heavy atom. The summed E-state index contributed by atoms with van der Waals surface area (Å²) in [5.41, 5.74) is 0.911. The Labute approximate surface area is 154 Å². The van der Waals surface area contributed by atoms with Crippen LogP contribution in [0.3, 0.4) is 0 Å². The van der Waals surface area contributed by atoms with Crippen molar-refractivity contribution in [2.45, 2.75) is 12.8 Å². The Morgan fingerprint density at radius 2 is 1.52 bits per heavy atom. The largest absolute Gasteiger partial charge is 0.464 e. The van der Waals surface area contributed by atoms with Crippen LogP contribution in [0.1, 0.15) is 43.9 Å². The van der Waals surface area contributed by atoms with E-state index in [1.54, 1.807) is 12.1 Å². The standard InChI is InChI=1S/C20H16FNO5/c21-14-9-7-13(8-10-14)17(23)6-3-11-27-18(24)12-22-19(25)15-4-1-2-5-16(15)20(22)26/h1-2,4-5,7-10H,3,6,11-12H2. The van der Waals surface area contributed by atoms with E-state index in [0.29, 0.717) is 5.56 Å². The number of ketones is 1. The summed E-state index contributed by atoms with van der Waals surface area (Å²) in [7, 11) is 0. The van der Waals surface area contributed by atoms with Gasteiger partial charge in [0.1, 0.15) is 12.4 Å². The lowest BCUT2D eigenvalue weighted by atomic mass is 10.1. The van der Waals surface area contributed by atoms with E-state index in [4.69, 9.17) is 4.74 Å². The lowest BCUT2D eigenvalue weighted by Crippen LogP contribution is -2.35. The molecule has 0 atom stereocenters. The number of carbonyl (C=O) groups excluding carboxylic acids is 4. The van der Waals surface area contributed by atoms with Gasteiger partial charge >= 0.3 is 5.97 Å². The maximum atomic E-state index is 12.8. The van der Waals surface area contributed by atoms with E-state index < -0.39 is 30.1 Å². The molecule has 1 heterocycles. The number of nitrogens with zero attached hydrogens (tertiary/aromatic N) is 1. The van der Waals surface area contributed by atoms with Crippen LogP contribution in [-0.2, 0) is 9.53 Å². The molecule has 3 rings (SSSR count). The molecule has 138 valence electrons. The Morgan fingerprint density at radius 3 is 2.11 bits per heavy atom. The van der Waals surface area contributed by atoms with Gasteiger partial charge in [-0.15, -0.1) is 0 Å². The maximum absolute atomic E-state index is 12.8. The molecular formula is C20H16FNO5. The summed E-state index contributed by atoms with van der Waals surface area (Å²) in [6, 6.07) is 11.5. The summed E-state index contributed by atoms with van der Waals surface area (Å²) >= 11 is 0. The number of rotatable bonds is 7. The maximum Gasteiger partial charge on any atom is 0.326 e. The third-order valence-electron chi connectivity index (χ3n) is 4.14. The van der Waals surface area contributed by atoms with Gasteiger partial charge in [0.25, 0.3) is 11.8 Å². The highest BCUT2D eigenvalue weighted by Crippen LogP contribution is 2.22. The van der Waals surface area contributed by atoms with E-state index in [1.807, 2.05) is 0 Å². The number of amides is 2. The SMILES string of the molecule is O=C(CN1C(=O)c2ccccc2C1=O)OCCCC(=O)c1ccc(F)cc1. The molecule has 0 bridgehead atoms. The van der Waals surface area contributed by atoms with Crippen LogP contribution < -0.4 is 0 Å². The van der Waals surface area contributed by atoms with Crippen LogP contribution in [-0.4, -0.2) is 41.6 Å². The highest BCUT2D eigenvalue weighted by Gasteiger charge is 2.36. The van der Waals surface area contributed by atoms with Crippen LogP contribution >= 0.6 is 0 Å². The van der Waals surface area contributed by atoms with Crippen molar-refractivity contribution in [1.29, 1.82) is 0 Å². The first-order valence-electron chi connectivity index (χ1n) is 8.37. The fraction of sp³-hybridized carbons (Fsp3) is 0.200. The van der Waals surface area contributed by atoms with Crippen molar-refractivity contribution in [2.75, 3.05) is 13.2 Å². The summed E-state index contributed by atoms with van der Waals surface area (Å²) in [6.45, 7) is -0.493. The van der Waals surface area contributed by atoms with Crippen molar-refractivity contribution in [2.24, 2.45) is 0 Å². The fourth-order valence-corrected chi connectivity index (χ4v) is 2.76. The Kier molecular flexibility index (Phi) is 5.40. The molecule has 0 unspecified atom stereocenters. The van der Waals surface area contributed by atoms with Crippen LogP contribution in [0.25, 0.3) is 0 Å². The number of benzene rings is 2. The van der Waals surface area contributed by atoms with Gasteiger partial charge in [-0.05, 0) is 42.8 Å². The first-order chi connectivity index (χ1) is 13.0. The molecule has 0 N–H and O–H groups in total. The van der Waals surface area contributed by atoms with Gasteiger partial charge in [-0.3, -0.25) is 24.1 Å². The fourth-order valence-electron chi connectivity index (χ4n) is 2.76. The molecule has 0 aliphatic carbocycles. The van der Waals surface area contributed by atoms with Crippen molar-refractivity contribution >= 4 is 23.6 Å². The predicted molar refractivity (Wildman–Crippen MR) is 92.7 cm³/mol. The van der Waals surface area contributed by atoms with Gasteiger partial charge in [-0.25, -0.2) is 4.39 Å². The molecule has 0 aromatic heterocycles. The molecule has 6 nitrogen and oxygen atoms in total. The molecular weight excluding hydrogens is 353 g/mol. The van der Waals surface area contributed by atoms with Crippen molar-refractivity contribution in [1.82, 2.24) is 4.90 Å². The minimum absolute atomic E-state index is 0.0189. The highest BCUT2D eigenvalue weighted by molar-refractivity contribution is 6.22. The smallest absolute Gasteiger partial charge is 0.326 e. The number of halogens is 1. The number of fused-ring (bicyclic) bond motifs is 1. The zero-order valence-electron chi connectivity index (χ0n) is 14.3. The molecule has 0 fully saturated rings. The number of hydrogen-bond donors (Lipinski definition) is 0. The monoisotopic (exact) mass is 369 g/mol. The van der Waals surface area contributed by atoms with E-state index in [1.165, 1.54) is 36.4 Å². The molecule has 2 amide bonds. The second kappa shape index (κ2) is 7.90. The van der Waals surface area contributed by atoms with Gasteiger partial charge < -0.3 is 4.74 Å². The molecule has 1 aliphatic heterocycles. The highest BCUT2D eigenvalue weighted by atomic mass is 19.1. The number of imide groups is 1. The lowest BCUT2D eigenvalue weighted by molar-refractivity contribution is -0.144. The molecule has 0 saturated carbocycles. The Hall–Kier alpha value is -3.35. The van der Waals surface area contributed by atoms with E-state index in [9.17, 15) is 23.6 Å². The number of ether oxygens (including phenoxy) is 1. The minimum Gasteiger partial charge on any atom is -0.464 e. The summed E-state index contributed by atoms with van der Waals surface area (Å²) in [5, 5.41) is 0. The van der Waals surface area contributed by atoms with Crippen LogP contribution in [0, 0.1) is 5.82 Å². The number of Topliss-reactive ketones (excluding diaryl/α,β-unsaturated/α-hetero) is 1. The van der Waals surface area contributed by atoms with Crippen molar-refractivity contribution in [3.05, 3.63) is 71.0 Å². The summed E-state index contributed by atoms with van der Waals surface area (Å²) in [6.07, 6.45) is 0.413. The second-order valence-corrected chi connectivity index (χ2v) is 6.00. The Balaban J connectivity index is 1.44. The van der Waals surface area contributed by atoms with Crippen molar-refractivity contribution in [3.63, 3.8) is 0 Å². The minimum atomic E-state index is -0.723. The van der Waals surface area contributed by atoms with Gasteiger partial charge in [0.15, 0.2) is 5.78 Å². The first-order valence-corrected chi connectivity index (χ1v) is 8.37. The van der Waals surface area contributed by atoms with Crippen molar-refractivity contribution < 1.29 is 28.3 Å². The number of hydrogen-bond acceptors (Lipinski definition) is 5. The first kappa shape index (κ1) is 18.4. The topological polar surface area (TPSA) is 80.8 Å². The molecule has 2 aromatic carbocycles. The van der Waals surface area contributed by atoms with E-state index in [0.717, 1.165) is 4.90 Å². The van der Waals surface area contributed by atoms with Gasteiger partial charge in [-0.2, -0.15) is 0 Å². The number of esters is 1. The summed E-state index contributed by atoms with van der Waals surface area (Å²) in [5.74, 6) is -2.39. The molecule has 0 spiro atoms. The summed E-state index contributed by atoms with van der Waals surface area (Å²) in [4.78, 5) is 49.0. The van der Waals surface area contributed by atoms with Gasteiger partial charge in [-0.1, -0.05) is 12.1 Å². The third-order valence-corrected chi connectivity index (χ3v) is 4.14. The van der Waals surface area contributed by atoms with E-state index in [-0.39, 0.29) is 36.4 Å². The quantitative estimate of drug-likeness (QED) is 0.324. The van der Waals surface area contributed by atoms with Crippen LogP contribution in [0.5, 0.6) is 0 Å². The van der Waals surface area contributed by atoms with Crippen LogP contribution in [0.2, 0.25) is 0 Å². The number of carbonyl (C=O) groups is 4. The van der Waals surface area contributed by atoms with Crippen LogP contribution in [0.15, 0.2) is 48.5 Å². The average molecular weight is 369 g/mol. The van der Waals surface area contributed by atoms with Gasteiger partial charge in [0, 0.05) is 12.0 Å². The molecule has 1 aliphatic rings. The molecule has 7 heteroatoms.